The summed E-state index contributed by atoms with van der Waals surface area (Å²) in [6.45, 7) is 2.55. The molecule has 1 aliphatic heterocycles. The zero-order valence-electron chi connectivity index (χ0n) is 12.3. The molecule has 1 saturated heterocycles. The number of halogens is 4. The van der Waals surface area contributed by atoms with E-state index in [0.717, 1.165) is 0 Å². The topological polar surface area (TPSA) is 58.4 Å². The molecule has 2 rings (SSSR count). The van der Waals surface area contributed by atoms with Gasteiger partial charge in [0.15, 0.2) is 0 Å². The standard InChI is InChI=1S/C14H17ClF3N3O2/c15-11-2-1-10(9-13(11)21(22)23)12(3-4-14(16,17)18)20-7-5-19-6-8-20/h1-2,9,12,19H,3-8H2/t12-/m0/s1. The summed E-state index contributed by atoms with van der Waals surface area (Å²) >= 11 is 5.79. The number of nitrogens with zero attached hydrogens (tertiary/aromatic N) is 2. The van der Waals surface area contributed by atoms with Crippen molar-refractivity contribution in [3.05, 3.63) is 38.9 Å². The van der Waals surface area contributed by atoms with Crippen molar-refractivity contribution < 1.29 is 18.1 Å². The molecular weight excluding hydrogens is 335 g/mol. The van der Waals surface area contributed by atoms with E-state index in [2.05, 4.69) is 5.32 Å². The highest BCUT2D eigenvalue weighted by Crippen LogP contribution is 2.35. The number of piperazine rings is 1. The van der Waals surface area contributed by atoms with E-state index in [-0.39, 0.29) is 17.1 Å². The van der Waals surface area contributed by atoms with Crippen LogP contribution in [0.5, 0.6) is 0 Å². The first-order valence-corrected chi connectivity index (χ1v) is 7.61. The highest BCUT2D eigenvalue weighted by Gasteiger charge is 2.32. The summed E-state index contributed by atoms with van der Waals surface area (Å²) in [5, 5.41) is 14.1. The van der Waals surface area contributed by atoms with Crippen LogP contribution in [0, 0.1) is 10.1 Å². The van der Waals surface area contributed by atoms with Gasteiger partial charge in [-0.3, -0.25) is 15.0 Å². The van der Waals surface area contributed by atoms with Crippen molar-refractivity contribution in [1.82, 2.24) is 10.2 Å². The van der Waals surface area contributed by atoms with E-state index in [1.807, 2.05) is 4.90 Å². The molecule has 1 N–H and O–H groups in total. The van der Waals surface area contributed by atoms with Crippen LogP contribution >= 0.6 is 11.6 Å². The minimum atomic E-state index is -4.26. The molecule has 5 nitrogen and oxygen atoms in total. The molecule has 0 spiro atoms. The third-order valence-corrected chi connectivity index (χ3v) is 4.16. The fourth-order valence-corrected chi connectivity index (χ4v) is 2.92. The first kappa shape index (κ1) is 18.0. The second kappa shape index (κ2) is 7.46. The summed E-state index contributed by atoms with van der Waals surface area (Å²) in [4.78, 5) is 12.3. The maximum absolute atomic E-state index is 12.6. The molecule has 1 fully saturated rings. The molecule has 0 unspecified atom stereocenters. The Kier molecular flexibility index (Phi) is 5.83. The number of rotatable bonds is 5. The van der Waals surface area contributed by atoms with Gasteiger partial charge >= 0.3 is 6.18 Å². The first-order valence-electron chi connectivity index (χ1n) is 7.23. The second-order valence-corrected chi connectivity index (χ2v) is 5.83. The Morgan fingerprint density at radius 3 is 2.57 bits per heavy atom. The van der Waals surface area contributed by atoms with E-state index < -0.39 is 23.6 Å². The van der Waals surface area contributed by atoms with Gasteiger partial charge in [-0.15, -0.1) is 0 Å². The molecule has 1 aromatic carbocycles. The Balaban J connectivity index is 2.28. The molecule has 0 radical (unpaired) electrons. The van der Waals surface area contributed by atoms with Gasteiger partial charge < -0.3 is 5.32 Å². The van der Waals surface area contributed by atoms with E-state index in [1.165, 1.54) is 12.1 Å². The molecule has 1 aliphatic rings. The van der Waals surface area contributed by atoms with Gasteiger partial charge in [0.25, 0.3) is 5.69 Å². The SMILES string of the molecule is O=[N+]([O-])c1cc([C@H](CCC(F)(F)F)N2CCNCC2)ccc1Cl. The third kappa shape index (κ3) is 5.05. The Hall–Kier alpha value is -1.38. The molecule has 128 valence electrons. The van der Waals surface area contributed by atoms with Gasteiger partial charge in [0.1, 0.15) is 5.02 Å². The maximum atomic E-state index is 12.6. The summed E-state index contributed by atoms with van der Waals surface area (Å²) in [7, 11) is 0. The van der Waals surface area contributed by atoms with Crippen LogP contribution in [0.4, 0.5) is 18.9 Å². The van der Waals surface area contributed by atoms with Crippen molar-refractivity contribution in [3.8, 4) is 0 Å². The van der Waals surface area contributed by atoms with E-state index in [4.69, 9.17) is 11.6 Å². The predicted molar refractivity (Wildman–Crippen MR) is 80.6 cm³/mol. The first-order chi connectivity index (χ1) is 10.8. The zero-order chi connectivity index (χ0) is 17.0. The Morgan fingerprint density at radius 1 is 1.35 bits per heavy atom. The molecule has 9 heteroatoms. The molecule has 1 aromatic rings. The van der Waals surface area contributed by atoms with Crippen LogP contribution in [0.15, 0.2) is 18.2 Å². The van der Waals surface area contributed by atoms with E-state index in [9.17, 15) is 23.3 Å². The second-order valence-electron chi connectivity index (χ2n) is 5.42. The molecule has 0 saturated carbocycles. The monoisotopic (exact) mass is 351 g/mol. The van der Waals surface area contributed by atoms with Gasteiger partial charge in [0.05, 0.1) is 4.92 Å². The minimum absolute atomic E-state index is 0.0198. The number of benzene rings is 1. The highest BCUT2D eigenvalue weighted by atomic mass is 35.5. The van der Waals surface area contributed by atoms with Crippen molar-refractivity contribution in [1.29, 1.82) is 0 Å². The largest absolute Gasteiger partial charge is 0.389 e. The van der Waals surface area contributed by atoms with Crippen molar-refractivity contribution >= 4 is 17.3 Å². The van der Waals surface area contributed by atoms with E-state index in [1.54, 1.807) is 6.07 Å². The highest BCUT2D eigenvalue weighted by molar-refractivity contribution is 6.32. The van der Waals surface area contributed by atoms with Crippen molar-refractivity contribution in [3.63, 3.8) is 0 Å². The number of nitro groups is 1. The average Bonchev–Trinajstić information content (AvgIpc) is 2.48. The number of hydrogen-bond acceptors (Lipinski definition) is 4. The minimum Gasteiger partial charge on any atom is -0.314 e. The summed E-state index contributed by atoms with van der Waals surface area (Å²) in [5.74, 6) is 0. The lowest BCUT2D eigenvalue weighted by Gasteiger charge is -2.35. The molecule has 0 aromatic heterocycles. The Morgan fingerprint density at radius 2 is 2.00 bits per heavy atom. The Bertz CT molecular complexity index is 563. The van der Waals surface area contributed by atoms with Crippen LogP contribution in [0.25, 0.3) is 0 Å². The lowest BCUT2D eigenvalue weighted by molar-refractivity contribution is -0.384. The third-order valence-electron chi connectivity index (χ3n) is 3.85. The zero-order valence-corrected chi connectivity index (χ0v) is 13.0. The quantitative estimate of drug-likeness (QED) is 0.651. The van der Waals surface area contributed by atoms with Gasteiger partial charge in [-0.25, -0.2) is 0 Å². The fraction of sp³-hybridized carbons (Fsp3) is 0.571. The van der Waals surface area contributed by atoms with Crippen LogP contribution in [0.3, 0.4) is 0 Å². The summed E-state index contributed by atoms with van der Waals surface area (Å²) in [6.07, 6.45) is -5.33. The van der Waals surface area contributed by atoms with Gasteiger partial charge in [-0.05, 0) is 18.1 Å². The van der Waals surface area contributed by atoms with Crippen LogP contribution < -0.4 is 5.32 Å². The Labute approximate surface area is 136 Å². The van der Waals surface area contributed by atoms with Crippen LogP contribution in [-0.2, 0) is 0 Å². The molecule has 1 heterocycles. The van der Waals surface area contributed by atoms with Gasteiger partial charge in [0, 0.05) is 44.7 Å². The molecule has 0 bridgehead atoms. The summed E-state index contributed by atoms with van der Waals surface area (Å²) < 4.78 is 37.8. The molecule has 23 heavy (non-hydrogen) atoms. The number of hydrogen-bond donors (Lipinski definition) is 1. The van der Waals surface area contributed by atoms with E-state index >= 15 is 0 Å². The van der Waals surface area contributed by atoms with Crippen molar-refractivity contribution in [2.45, 2.75) is 25.1 Å². The normalized spacial score (nSPS) is 17.9. The average molecular weight is 352 g/mol. The van der Waals surface area contributed by atoms with Gasteiger partial charge in [0.2, 0.25) is 0 Å². The van der Waals surface area contributed by atoms with Crippen molar-refractivity contribution in [2.75, 3.05) is 26.2 Å². The molecule has 0 amide bonds. The lowest BCUT2D eigenvalue weighted by Crippen LogP contribution is -2.45. The maximum Gasteiger partial charge on any atom is 0.389 e. The van der Waals surface area contributed by atoms with Crippen LogP contribution in [0.2, 0.25) is 5.02 Å². The van der Waals surface area contributed by atoms with E-state index in [0.29, 0.717) is 31.7 Å². The number of nitrogens with one attached hydrogen (secondary N) is 1. The predicted octanol–water partition coefficient (Wildman–Crippen LogP) is 3.54. The van der Waals surface area contributed by atoms with Crippen LogP contribution in [-0.4, -0.2) is 42.2 Å². The number of alkyl halides is 3. The summed E-state index contributed by atoms with van der Waals surface area (Å²) in [6, 6.07) is 3.71. The van der Waals surface area contributed by atoms with Crippen LogP contribution in [0.1, 0.15) is 24.4 Å². The number of nitro benzene ring substituents is 1. The van der Waals surface area contributed by atoms with Crippen molar-refractivity contribution in [2.24, 2.45) is 0 Å². The lowest BCUT2D eigenvalue weighted by atomic mass is 9.98. The van der Waals surface area contributed by atoms with Gasteiger partial charge in [-0.1, -0.05) is 17.7 Å². The summed E-state index contributed by atoms with van der Waals surface area (Å²) in [5.41, 5.74) is 0.212. The fourth-order valence-electron chi connectivity index (χ4n) is 2.73. The molecule has 0 aliphatic carbocycles. The van der Waals surface area contributed by atoms with Gasteiger partial charge in [-0.2, -0.15) is 13.2 Å². The molecule has 1 atom stereocenters. The smallest absolute Gasteiger partial charge is 0.314 e. The molecular formula is C14H17ClF3N3O2.